The molecule has 0 spiro atoms. The highest BCUT2D eigenvalue weighted by molar-refractivity contribution is 5.80. The van der Waals surface area contributed by atoms with Gasteiger partial charge in [-0.15, -0.1) is 26.3 Å². The number of ether oxygens (including phenoxy) is 8. The van der Waals surface area contributed by atoms with Gasteiger partial charge in [0.15, 0.2) is 0 Å². The van der Waals surface area contributed by atoms with Crippen molar-refractivity contribution in [1.82, 2.24) is 42.5 Å². The van der Waals surface area contributed by atoms with Crippen molar-refractivity contribution in [2.24, 2.45) is 0 Å². The number of benzene rings is 4. The molecule has 24 nitrogen and oxygen atoms in total. The molecule has 688 valence electrons. The fourth-order valence-corrected chi connectivity index (χ4v) is 15.5. The molecule has 5 rings (SSSR count). The number of unbranched alkanes of at least 4 members (excludes halogenated alkanes) is 24. The van der Waals surface area contributed by atoms with Crippen molar-refractivity contribution in [2.45, 2.75) is 388 Å². The summed E-state index contributed by atoms with van der Waals surface area (Å²) in [6, 6.07) is 10.3. The van der Waals surface area contributed by atoms with Gasteiger partial charge in [-0.1, -0.05) is 153 Å². The van der Waals surface area contributed by atoms with Gasteiger partial charge >= 0.3 is 48.7 Å². The van der Waals surface area contributed by atoms with Crippen molar-refractivity contribution in [3.8, 4) is 46.0 Å². The van der Waals surface area contributed by atoms with Gasteiger partial charge in [0.2, 0.25) is 0 Å². The number of fused-ring (bicyclic) bond motifs is 8. The van der Waals surface area contributed by atoms with Gasteiger partial charge in [0.05, 0.1) is 0 Å². The Morgan fingerprint density at radius 3 is 0.460 bits per heavy atom. The Labute approximate surface area is 741 Å². The number of amides is 8. The molecule has 8 bridgehead atoms. The Morgan fingerprint density at radius 2 is 0.339 bits per heavy atom. The maximum atomic E-state index is 15.0. The summed E-state index contributed by atoms with van der Waals surface area (Å²) in [5.41, 5.74) is 3.01. The van der Waals surface area contributed by atoms with Gasteiger partial charge in [-0.3, -0.25) is 0 Å². The third-order valence-electron chi connectivity index (χ3n) is 21.0. The highest BCUT2D eigenvalue weighted by Gasteiger charge is 2.39. The van der Waals surface area contributed by atoms with E-state index in [-0.39, 0.29) is 71.7 Å². The van der Waals surface area contributed by atoms with Crippen LogP contribution in [0.3, 0.4) is 0 Å². The molecule has 0 saturated carbocycles. The molecule has 0 saturated heterocycles. The summed E-state index contributed by atoms with van der Waals surface area (Å²) in [6.45, 7) is 44.7. The van der Waals surface area contributed by atoms with Gasteiger partial charge in [-0.05, 0) is 212 Å². The van der Waals surface area contributed by atoms with E-state index < -0.39 is 121 Å². The van der Waals surface area contributed by atoms with Crippen molar-refractivity contribution < 1.29 is 76.3 Å². The van der Waals surface area contributed by atoms with Crippen LogP contribution >= 0.6 is 0 Å². The first-order chi connectivity index (χ1) is 59.2. The van der Waals surface area contributed by atoms with E-state index in [4.69, 9.17) is 37.9 Å². The van der Waals surface area contributed by atoms with E-state index in [2.05, 4.69) is 68.9 Å². The molecule has 0 aromatic heterocycles. The number of hydrogen-bond acceptors (Lipinski definition) is 16. The highest BCUT2D eigenvalue weighted by Crippen LogP contribution is 2.55. The minimum absolute atomic E-state index is 0.0359. The second-order valence-electron chi connectivity index (χ2n) is 35.4. The molecule has 124 heavy (non-hydrogen) atoms. The number of rotatable bonds is 52. The van der Waals surface area contributed by atoms with Crippen LogP contribution in [0.25, 0.3) is 0 Å². The van der Waals surface area contributed by atoms with E-state index in [1.165, 1.54) is 0 Å². The summed E-state index contributed by atoms with van der Waals surface area (Å²) in [4.78, 5) is 120. The van der Waals surface area contributed by atoms with Crippen molar-refractivity contribution in [3.63, 3.8) is 0 Å². The SMILES string of the molecule is C=CCCCCCCCCC1c2cc(c(OC(=O)NC(C)C)cc2OC(=O)NC(C)C)C(CCCCCCCCC=C)c2cc(c(OC(=O)NC(C)C)cc2OC(=O)NC(C)C)C(CCCCCCCCC=C)c2cc(c(OC(=O)NC(C)C)cc2OC(=O)NC(C)C)C(CCCCCCCCC=C)c2cc1c(OC(=O)NC(C)C)cc2OC(=O)NC(C)C. The van der Waals surface area contributed by atoms with Crippen LogP contribution in [0, 0.1) is 0 Å². The molecular formula is C100H152N8O16. The molecule has 4 aromatic rings. The largest absolute Gasteiger partial charge is 0.412 e. The predicted molar refractivity (Wildman–Crippen MR) is 496 cm³/mol. The van der Waals surface area contributed by atoms with Crippen molar-refractivity contribution in [3.05, 3.63) is 144 Å². The second kappa shape index (κ2) is 56.8. The van der Waals surface area contributed by atoms with Crippen LogP contribution in [-0.4, -0.2) is 97.1 Å². The molecule has 0 fully saturated rings. The zero-order chi connectivity index (χ0) is 91.2. The molecule has 0 heterocycles. The van der Waals surface area contributed by atoms with Crippen LogP contribution in [0.2, 0.25) is 0 Å². The van der Waals surface area contributed by atoms with Crippen LogP contribution in [0.15, 0.2) is 99.2 Å². The molecule has 8 N–H and O–H groups in total. The number of nitrogens with one attached hydrogen (secondary N) is 8. The van der Waals surface area contributed by atoms with E-state index in [0.717, 1.165) is 128 Å². The zero-order valence-electron chi connectivity index (χ0n) is 77.8. The summed E-state index contributed by atoms with van der Waals surface area (Å²) < 4.78 is 53.8. The maximum Gasteiger partial charge on any atom is 0.412 e. The summed E-state index contributed by atoms with van der Waals surface area (Å²) >= 11 is 0. The fourth-order valence-electron chi connectivity index (χ4n) is 15.5. The van der Waals surface area contributed by atoms with Gasteiger partial charge in [0.25, 0.3) is 0 Å². The average Bonchev–Trinajstić information content (AvgIpc) is 0.742. The second-order valence-corrected chi connectivity index (χ2v) is 35.4. The molecule has 1 aliphatic rings. The maximum absolute atomic E-state index is 15.0. The lowest BCUT2D eigenvalue weighted by molar-refractivity contribution is 0.193. The molecule has 1 aliphatic carbocycles. The molecule has 8 amide bonds. The van der Waals surface area contributed by atoms with Gasteiger partial charge in [0.1, 0.15) is 46.0 Å². The average molecular weight is 1720 g/mol. The van der Waals surface area contributed by atoms with Crippen molar-refractivity contribution in [2.75, 3.05) is 0 Å². The summed E-state index contributed by atoms with van der Waals surface area (Å²) in [5, 5.41) is 23.4. The predicted octanol–water partition coefficient (Wildman–Crippen LogP) is 25.7. The minimum atomic E-state index is -0.970. The van der Waals surface area contributed by atoms with Crippen molar-refractivity contribution >= 4 is 48.7 Å². The third kappa shape index (κ3) is 38.2. The van der Waals surface area contributed by atoms with Gasteiger partial charge in [-0.2, -0.15) is 0 Å². The number of hydrogen-bond donors (Lipinski definition) is 8. The summed E-state index contributed by atoms with van der Waals surface area (Å²) in [5.74, 6) is -4.17. The van der Waals surface area contributed by atoms with Crippen LogP contribution < -0.4 is 80.4 Å². The van der Waals surface area contributed by atoms with Crippen LogP contribution in [0.4, 0.5) is 38.4 Å². The lowest BCUT2D eigenvalue weighted by Gasteiger charge is -2.32. The Hall–Kier alpha value is -10.0. The summed E-state index contributed by atoms with van der Waals surface area (Å²) in [7, 11) is 0. The van der Waals surface area contributed by atoms with E-state index >= 15 is 0 Å². The standard InChI is InChI=1S/C100H152N8O16/c1-21-25-29-33-37-41-45-49-53-73-77-57-79(87(119-95(111)103-67(9)10)61-85(77)117-93(109)101-65(5)6)74(54-50-46-42-38-34-30-26-22-2)81-59-83(91(123-99(115)107-71(17)18)63-89(81)121-97(113)105-69(13)14)76(56-52-48-44-40-36-32-28-24-4)84-60-82(90(122-98(114)106-70(15)16)64-92(84)124-100(116)108-72(19)20)75(55-51-47-43-39-35-31-27-23-3)80-58-78(73)86(118-94(110)102-66(7)8)62-88(80)120-96(112)104-68(11)12/h21-24,57-76H,1-4,25-56H2,5-20H3,(H,101,109)(H,102,110)(H,103,111)(H,104,112)(H,105,113)(H,106,114)(H,107,115)(H,108,116). The first kappa shape index (κ1) is 105. The summed E-state index contributed by atoms with van der Waals surface area (Å²) in [6.07, 6.45) is 25.3. The number of carbonyl (C=O) groups excluding carboxylic acids is 8. The Kier molecular flexibility index (Phi) is 47.9. The third-order valence-corrected chi connectivity index (χ3v) is 21.0. The van der Waals surface area contributed by atoms with E-state index in [9.17, 15) is 38.4 Å². The first-order valence-corrected chi connectivity index (χ1v) is 46.3. The lowest BCUT2D eigenvalue weighted by atomic mass is 9.76. The first-order valence-electron chi connectivity index (χ1n) is 46.3. The normalized spacial score (nSPS) is 14.2. The Balaban J connectivity index is 2.41. The molecule has 0 atom stereocenters. The monoisotopic (exact) mass is 1720 g/mol. The van der Waals surface area contributed by atoms with Crippen molar-refractivity contribution in [1.29, 1.82) is 0 Å². The fraction of sp³-hybridized carbons (Fsp3) is 0.600. The van der Waals surface area contributed by atoms with Crippen LogP contribution in [0.1, 0.15) is 384 Å². The minimum Gasteiger partial charge on any atom is -0.410 e. The Bertz CT molecular complexity index is 3350. The smallest absolute Gasteiger partial charge is 0.410 e. The zero-order valence-corrected chi connectivity index (χ0v) is 77.8. The van der Waals surface area contributed by atoms with E-state index in [1.54, 1.807) is 135 Å². The van der Waals surface area contributed by atoms with Crippen LogP contribution in [-0.2, 0) is 0 Å². The van der Waals surface area contributed by atoms with Gasteiger partial charge < -0.3 is 80.4 Å². The Morgan fingerprint density at radius 1 is 0.218 bits per heavy atom. The molecular weight excluding hydrogens is 1570 g/mol. The lowest BCUT2D eigenvalue weighted by Crippen LogP contribution is -2.34. The molecule has 24 heteroatoms. The quantitative estimate of drug-likeness (QED) is 0.0150. The highest BCUT2D eigenvalue weighted by atomic mass is 16.6. The molecule has 0 radical (unpaired) electrons. The van der Waals surface area contributed by atoms with Crippen LogP contribution in [0.5, 0.6) is 46.0 Å². The molecule has 0 unspecified atom stereocenters. The molecule has 4 aromatic carbocycles. The van der Waals surface area contributed by atoms with Gasteiger partial charge in [0, 0.05) is 141 Å². The molecule has 0 aliphatic heterocycles. The number of carbonyl (C=O) groups is 8. The van der Waals surface area contributed by atoms with E-state index in [0.29, 0.717) is 95.9 Å². The number of allylic oxidation sites excluding steroid dienone is 4. The van der Waals surface area contributed by atoms with E-state index in [1.807, 2.05) is 48.6 Å². The van der Waals surface area contributed by atoms with Gasteiger partial charge in [-0.25, -0.2) is 38.4 Å². The topological polar surface area (TPSA) is 307 Å².